The summed E-state index contributed by atoms with van der Waals surface area (Å²) in [6, 6.07) is 23.3. The summed E-state index contributed by atoms with van der Waals surface area (Å²) in [7, 11) is -0.478. The average molecular weight is 397 g/mol. The van der Waals surface area contributed by atoms with E-state index >= 15 is 0 Å². The normalized spacial score (nSPS) is 11.4. The van der Waals surface area contributed by atoms with Crippen LogP contribution in [0.5, 0.6) is 11.5 Å². The van der Waals surface area contributed by atoms with Crippen LogP contribution in [-0.2, 0) is 23.1 Å². The van der Waals surface area contributed by atoms with Crippen LogP contribution in [0, 0.1) is 0 Å². The number of rotatable bonds is 8. The summed E-state index contributed by atoms with van der Waals surface area (Å²) in [5.41, 5.74) is 1.73. The Morgan fingerprint density at radius 1 is 0.714 bits per heavy atom. The second-order valence-electron chi connectivity index (χ2n) is 6.29. The van der Waals surface area contributed by atoms with Gasteiger partial charge in [0.15, 0.2) is 0 Å². The quantitative estimate of drug-likeness (QED) is 0.574. The van der Waals surface area contributed by atoms with E-state index in [-0.39, 0.29) is 18.0 Å². The van der Waals surface area contributed by atoms with Crippen LogP contribution in [0.25, 0.3) is 0 Å². The molecule has 0 aliphatic heterocycles. The first kappa shape index (κ1) is 19.9. The molecule has 0 aromatic heterocycles. The van der Waals surface area contributed by atoms with E-state index in [1.807, 2.05) is 48.5 Å². The van der Waals surface area contributed by atoms with Gasteiger partial charge in [-0.1, -0.05) is 42.5 Å². The molecule has 0 unspecified atom stereocenters. The monoisotopic (exact) mass is 397 g/mol. The molecule has 0 radical (unpaired) electrons. The van der Waals surface area contributed by atoms with Crippen LogP contribution in [0.1, 0.15) is 11.1 Å². The molecule has 0 amide bonds. The first-order chi connectivity index (χ1) is 13.5. The molecule has 6 heteroatoms. The Balaban J connectivity index is 1.94. The van der Waals surface area contributed by atoms with Gasteiger partial charge in [-0.3, -0.25) is 0 Å². The van der Waals surface area contributed by atoms with Crippen molar-refractivity contribution in [3.8, 4) is 11.5 Å². The van der Waals surface area contributed by atoms with E-state index in [1.54, 1.807) is 44.6 Å². The summed E-state index contributed by atoms with van der Waals surface area (Å²) in [5.74, 6) is 1.42. The van der Waals surface area contributed by atoms with Crippen LogP contribution in [-0.4, -0.2) is 26.9 Å². The van der Waals surface area contributed by atoms with Gasteiger partial charge in [0.05, 0.1) is 19.1 Å². The maximum absolute atomic E-state index is 13.3. The average Bonchev–Trinajstić information content (AvgIpc) is 2.74. The lowest BCUT2D eigenvalue weighted by molar-refractivity contribution is 0.394. The Labute approximate surface area is 166 Å². The fraction of sp³-hybridized carbons (Fsp3) is 0.182. The molecule has 28 heavy (non-hydrogen) atoms. The standard InChI is InChI=1S/C22H23NO4S/c1-26-20-13-11-18(12-14-20)16-23(17-19-7-6-8-21(15-19)27-2)28(24,25)22-9-4-3-5-10-22/h3-15H,16-17H2,1-2H3. The SMILES string of the molecule is COc1ccc(CN(Cc2cccc(OC)c2)S(=O)(=O)c2ccccc2)cc1. The fourth-order valence-corrected chi connectivity index (χ4v) is 4.31. The zero-order valence-corrected chi connectivity index (χ0v) is 16.7. The predicted molar refractivity (Wildman–Crippen MR) is 109 cm³/mol. The molecule has 0 saturated carbocycles. The van der Waals surface area contributed by atoms with Crippen molar-refractivity contribution in [2.75, 3.05) is 14.2 Å². The van der Waals surface area contributed by atoms with Gasteiger partial charge in [-0.25, -0.2) is 8.42 Å². The third-order valence-corrected chi connectivity index (χ3v) is 6.20. The van der Waals surface area contributed by atoms with E-state index in [2.05, 4.69) is 0 Å². The van der Waals surface area contributed by atoms with Crippen LogP contribution in [0.3, 0.4) is 0 Å². The highest BCUT2D eigenvalue weighted by Crippen LogP contribution is 2.23. The van der Waals surface area contributed by atoms with Gasteiger partial charge in [0.2, 0.25) is 10.0 Å². The maximum Gasteiger partial charge on any atom is 0.243 e. The molecule has 0 N–H and O–H groups in total. The van der Waals surface area contributed by atoms with Crippen LogP contribution >= 0.6 is 0 Å². The highest BCUT2D eigenvalue weighted by atomic mass is 32.2. The number of hydrogen-bond donors (Lipinski definition) is 0. The largest absolute Gasteiger partial charge is 0.497 e. The summed E-state index contributed by atoms with van der Waals surface area (Å²) >= 11 is 0. The summed E-state index contributed by atoms with van der Waals surface area (Å²) in [6.45, 7) is 0.485. The molecular weight excluding hydrogens is 374 g/mol. The molecule has 0 aliphatic rings. The van der Waals surface area contributed by atoms with Crippen LogP contribution < -0.4 is 9.47 Å². The van der Waals surface area contributed by atoms with Gasteiger partial charge < -0.3 is 9.47 Å². The number of hydrogen-bond acceptors (Lipinski definition) is 4. The molecule has 5 nitrogen and oxygen atoms in total. The second kappa shape index (κ2) is 8.91. The van der Waals surface area contributed by atoms with Crippen LogP contribution in [0.4, 0.5) is 0 Å². The zero-order chi connectivity index (χ0) is 20.0. The molecule has 0 heterocycles. The molecule has 3 rings (SSSR count). The van der Waals surface area contributed by atoms with Crippen molar-refractivity contribution in [2.45, 2.75) is 18.0 Å². The van der Waals surface area contributed by atoms with Gasteiger partial charge in [-0.05, 0) is 47.5 Å². The number of nitrogens with zero attached hydrogens (tertiary/aromatic N) is 1. The first-order valence-corrected chi connectivity index (χ1v) is 10.3. The fourth-order valence-electron chi connectivity index (χ4n) is 2.88. The summed E-state index contributed by atoms with van der Waals surface area (Å²) in [6.07, 6.45) is 0. The van der Waals surface area contributed by atoms with Gasteiger partial charge >= 0.3 is 0 Å². The lowest BCUT2D eigenvalue weighted by Gasteiger charge is -2.23. The molecular formula is C22H23NO4S. The number of sulfonamides is 1. The Hall–Kier alpha value is -2.83. The minimum atomic E-state index is -3.67. The number of ether oxygens (including phenoxy) is 2. The topological polar surface area (TPSA) is 55.8 Å². The maximum atomic E-state index is 13.3. The molecule has 0 bridgehead atoms. The third-order valence-electron chi connectivity index (χ3n) is 4.39. The minimum Gasteiger partial charge on any atom is -0.497 e. The Morgan fingerprint density at radius 2 is 1.36 bits per heavy atom. The summed E-state index contributed by atoms with van der Waals surface area (Å²) in [5, 5.41) is 0. The summed E-state index contributed by atoms with van der Waals surface area (Å²) < 4.78 is 38.5. The minimum absolute atomic E-state index is 0.237. The van der Waals surface area contributed by atoms with Crippen molar-refractivity contribution in [3.63, 3.8) is 0 Å². The van der Waals surface area contributed by atoms with Gasteiger partial charge in [0.1, 0.15) is 11.5 Å². The van der Waals surface area contributed by atoms with Crippen LogP contribution in [0.2, 0.25) is 0 Å². The van der Waals surface area contributed by atoms with Crippen molar-refractivity contribution in [2.24, 2.45) is 0 Å². The Kier molecular flexibility index (Phi) is 6.34. The van der Waals surface area contributed by atoms with Gasteiger partial charge in [0, 0.05) is 13.1 Å². The smallest absolute Gasteiger partial charge is 0.243 e. The van der Waals surface area contributed by atoms with E-state index in [4.69, 9.17) is 9.47 Å². The van der Waals surface area contributed by atoms with Crippen LogP contribution in [0.15, 0.2) is 83.8 Å². The molecule has 0 spiro atoms. The second-order valence-corrected chi connectivity index (χ2v) is 8.22. The molecule has 146 valence electrons. The first-order valence-electron chi connectivity index (χ1n) is 8.84. The lowest BCUT2D eigenvalue weighted by Crippen LogP contribution is -2.30. The van der Waals surface area contributed by atoms with Crippen molar-refractivity contribution >= 4 is 10.0 Å². The van der Waals surface area contributed by atoms with E-state index < -0.39 is 10.0 Å². The highest BCUT2D eigenvalue weighted by Gasteiger charge is 2.25. The predicted octanol–water partition coefficient (Wildman–Crippen LogP) is 4.09. The third kappa shape index (κ3) is 4.71. The van der Waals surface area contributed by atoms with E-state index in [1.165, 1.54) is 4.31 Å². The molecule has 0 saturated heterocycles. The van der Waals surface area contributed by atoms with Crippen molar-refractivity contribution in [1.29, 1.82) is 0 Å². The molecule has 3 aromatic rings. The zero-order valence-electron chi connectivity index (χ0n) is 15.9. The molecule has 0 atom stereocenters. The number of methoxy groups -OCH3 is 2. The lowest BCUT2D eigenvalue weighted by atomic mass is 10.2. The Morgan fingerprint density at radius 3 is 2.00 bits per heavy atom. The van der Waals surface area contributed by atoms with Gasteiger partial charge in [-0.15, -0.1) is 0 Å². The van der Waals surface area contributed by atoms with E-state index in [0.29, 0.717) is 5.75 Å². The van der Waals surface area contributed by atoms with Gasteiger partial charge in [-0.2, -0.15) is 4.31 Å². The van der Waals surface area contributed by atoms with Crippen molar-refractivity contribution in [1.82, 2.24) is 4.31 Å². The highest BCUT2D eigenvalue weighted by molar-refractivity contribution is 7.89. The van der Waals surface area contributed by atoms with Crippen molar-refractivity contribution in [3.05, 3.63) is 90.0 Å². The number of benzene rings is 3. The molecule has 0 fully saturated rings. The molecule has 3 aromatic carbocycles. The molecule has 0 aliphatic carbocycles. The van der Waals surface area contributed by atoms with Crippen molar-refractivity contribution < 1.29 is 17.9 Å². The van der Waals surface area contributed by atoms with Gasteiger partial charge in [0.25, 0.3) is 0 Å². The van der Waals surface area contributed by atoms with E-state index in [0.717, 1.165) is 16.9 Å². The Bertz CT molecular complexity index is 1000. The van der Waals surface area contributed by atoms with E-state index in [9.17, 15) is 8.42 Å². The summed E-state index contributed by atoms with van der Waals surface area (Å²) in [4.78, 5) is 0.270.